The summed E-state index contributed by atoms with van der Waals surface area (Å²) in [6, 6.07) is 7.42. The third-order valence-electron chi connectivity index (χ3n) is 2.01. The minimum atomic E-state index is -0.392. The second-order valence-corrected chi connectivity index (χ2v) is 4.73. The lowest BCUT2D eigenvalue weighted by Gasteiger charge is -2.19. The molecular formula is C13H19NO3. The van der Waals surface area contributed by atoms with Gasteiger partial charge in [-0.2, -0.15) is 0 Å². The van der Waals surface area contributed by atoms with Crippen LogP contribution in [0.5, 0.6) is 5.75 Å². The highest BCUT2D eigenvalue weighted by molar-refractivity contribution is 5.78. The highest BCUT2D eigenvalue weighted by Crippen LogP contribution is 2.17. The number of benzene rings is 1. The number of hydrogen-bond acceptors (Lipinski definition) is 3. The van der Waals surface area contributed by atoms with Gasteiger partial charge in [0.05, 0.1) is 19.1 Å². The first kappa shape index (κ1) is 13.5. The van der Waals surface area contributed by atoms with E-state index in [2.05, 4.69) is 5.48 Å². The first-order chi connectivity index (χ1) is 7.92. The summed E-state index contributed by atoms with van der Waals surface area (Å²) < 4.78 is 5.17. The Morgan fingerprint density at radius 1 is 1.29 bits per heavy atom. The summed E-state index contributed by atoms with van der Waals surface area (Å²) in [6.45, 7) is 5.61. The number of rotatable bonds is 4. The summed E-state index contributed by atoms with van der Waals surface area (Å²) in [4.78, 5) is 16.8. The summed E-state index contributed by atoms with van der Waals surface area (Å²) in [7, 11) is 1.59. The zero-order chi connectivity index (χ0) is 12.9. The molecule has 0 aliphatic heterocycles. The standard InChI is InChI=1S/C13H19NO3/c1-13(2,3)17-14-12(15)9-10-7-5-6-8-11(10)16-4/h5-8H,9H2,1-4H3,(H,14,15). The molecule has 0 aromatic heterocycles. The predicted octanol–water partition coefficient (Wildman–Crippen LogP) is 2.08. The van der Waals surface area contributed by atoms with Crippen molar-refractivity contribution in [1.29, 1.82) is 0 Å². The summed E-state index contributed by atoms with van der Waals surface area (Å²) in [6.07, 6.45) is 0.236. The van der Waals surface area contributed by atoms with Gasteiger partial charge in [0.15, 0.2) is 0 Å². The lowest BCUT2D eigenvalue weighted by atomic mass is 10.1. The molecule has 0 bridgehead atoms. The molecule has 0 spiro atoms. The third kappa shape index (κ3) is 4.87. The maximum Gasteiger partial charge on any atom is 0.248 e. The Bertz CT molecular complexity index is 382. The third-order valence-corrected chi connectivity index (χ3v) is 2.01. The van der Waals surface area contributed by atoms with E-state index in [9.17, 15) is 4.79 Å². The largest absolute Gasteiger partial charge is 0.496 e. The predicted molar refractivity (Wildman–Crippen MR) is 65.7 cm³/mol. The second-order valence-electron chi connectivity index (χ2n) is 4.73. The van der Waals surface area contributed by atoms with Crippen molar-refractivity contribution in [1.82, 2.24) is 5.48 Å². The van der Waals surface area contributed by atoms with Gasteiger partial charge in [0.1, 0.15) is 5.75 Å². The van der Waals surface area contributed by atoms with Gasteiger partial charge >= 0.3 is 0 Å². The number of para-hydroxylation sites is 1. The van der Waals surface area contributed by atoms with Gasteiger partial charge in [0.25, 0.3) is 0 Å². The minimum absolute atomic E-state index is 0.190. The lowest BCUT2D eigenvalue weighted by molar-refractivity contribution is -0.144. The van der Waals surface area contributed by atoms with E-state index >= 15 is 0 Å². The van der Waals surface area contributed by atoms with Crippen molar-refractivity contribution >= 4 is 5.91 Å². The monoisotopic (exact) mass is 237 g/mol. The van der Waals surface area contributed by atoms with Crippen molar-refractivity contribution in [3.05, 3.63) is 29.8 Å². The summed E-state index contributed by atoms with van der Waals surface area (Å²) in [5, 5.41) is 0. The fraction of sp³-hybridized carbons (Fsp3) is 0.462. The van der Waals surface area contributed by atoms with Crippen molar-refractivity contribution in [2.24, 2.45) is 0 Å². The van der Waals surface area contributed by atoms with E-state index in [1.54, 1.807) is 7.11 Å². The average Bonchev–Trinajstić information content (AvgIpc) is 2.26. The Morgan fingerprint density at radius 3 is 2.53 bits per heavy atom. The SMILES string of the molecule is COc1ccccc1CC(=O)NOC(C)(C)C. The van der Waals surface area contributed by atoms with Gasteiger partial charge in [0.2, 0.25) is 5.91 Å². The molecule has 17 heavy (non-hydrogen) atoms. The number of carbonyl (C=O) groups excluding carboxylic acids is 1. The summed E-state index contributed by atoms with van der Waals surface area (Å²) in [5.74, 6) is 0.517. The molecule has 0 atom stereocenters. The highest BCUT2D eigenvalue weighted by Gasteiger charge is 2.14. The molecule has 1 rings (SSSR count). The zero-order valence-corrected chi connectivity index (χ0v) is 10.7. The van der Waals surface area contributed by atoms with E-state index in [-0.39, 0.29) is 12.3 Å². The molecule has 0 saturated carbocycles. The molecule has 1 aromatic rings. The molecule has 0 aliphatic rings. The maximum absolute atomic E-state index is 11.6. The number of nitrogens with one attached hydrogen (secondary N) is 1. The number of carbonyl (C=O) groups is 1. The number of hydroxylamine groups is 1. The number of hydrogen-bond donors (Lipinski definition) is 1. The Kier molecular flexibility index (Phi) is 4.52. The van der Waals surface area contributed by atoms with E-state index in [0.717, 1.165) is 5.56 Å². The van der Waals surface area contributed by atoms with Crippen molar-refractivity contribution in [3.8, 4) is 5.75 Å². The van der Waals surface area contributed by atoms with Gasteiger partial charge in [-0.1, -0.05) is 18.2 Å². The number of ether oxygens (including phenoxy) is 1. The van der Waals surface area contributed by atoms with Crippen LogP contribution in [-0.2, 0) is 16.1 Å². The molecule has 0 radical (unpaired) electrons. The van der Waals surface area contributed by atoms with Crippen molar-refractivity contribution in [2.45, 2.75) is 32.8 Å². The quantitative estimate of drug-likeness (QED) is 0.816. The lowest BCUT2D eigenvalue weighted by Crippen LogP contribution is -2.34. The first-order valence-corrected chi connectivity index (χ1v) is 5.51. The molecule has 1 N–H and O–H groups in total. The maximum atomic E-state index is 11.6. The topological polar surface area (TPSA) is 47.6 Å². The summed E-state index contributed by atoms with van der Waals surface area (Å²) >= 11 is 0. The average molecular weight is 237 g/mol. The fourth-order valence-electron chi connectivity index (χ4n) is 1.27. The Balaban J connectivity index is 2.56. The molecule has 94 valence electrons. The molecule has 0 saturated heterocycles. The Labute approximate surface area is 102 Å². The molecule has 0 fully saturated rings. The van der Waals surface area contributed by atoms with Crippen LogP contribution in [0.4, 0.5) is 0 Å². The van der Waals surface area contributed by atoms with Crippen LogP contribution < -0.4 is 10.2 Å². The Hall–Kier alpha value is -1.55. The molecule has 1 amide bonds. The van der Waals surface area contributed by atoms with E-state index in [0.29, 0.717) is 5.75 Å². The van der Waals surface area contributed by atoms with Crippen molar-refractivity contribution in [2.75, 3.05) is 7.11 Å². The van der Waals surface area contributed by atoms with Gasteiger partial charge in [-0.15, -0.1) is 0 Å². The van der Waals surface area contributed by atoms with Crippen molar-refractivity contribution in [3.63, 3.8) is 0 Å². The number of amides is 1. The van der Waals surface area contributed by atoms with E-state index in [4.69, 9.17) is 9.57 Å². The van der Waals surface area contributed by atoms with Gasteiger partial charge in [-0.05, 0) is 26.8 Å². The second kappa shape index (κ2) is 5.68. The Morgan fingerprint density at radius 2 is 1.94 bits per heavy atom. The molecule has 0 heterocycles. The van der Waals surface area contributed by atoms with Crippen LogP contribution in [0.3, 0.4) is 0 Å². The van der Waals surface area contributed by atoms with Crippen LogP contribution >= 0.6 is 0 Å². The van der Waals surface area contributed by atoms with E-state index in [1.807, 2.05) is 45.0 Å². The zero-order valence-electron chi connectivity index (χ0n) is 10.7. The van der Waals surface area contributed by atoms with Gasteiger partial charge < -0.3 is 4.74 Å². The molecule has 0 unspecified atom stereocenters. The van der Waals surface area contributed by atoms with Crippen LogP contribution in [0.25, 0.3) is 0 Å². The molecule has 4 nitrogen and oxygen atoms in total. The molecule has 1 aromatic carbocycles. The van der Waals surface area contributed by atoms with Gasteiger partial charge in [-0.3, -0.25) is 9.63 Å². The van der Waals surface area contributed by atoms with Gasteiger partial charge in [0, 0.05) is 5.56 Å². The molecule has 4 heteroatoms. The van der Waals surface area contributed by atoms with Gasteiger partial charge in [-0.25, -0.2) is 5.48 Å². The van der Waals surface area contributed by atoms with E-state index < -0.39 is 5.60 Å². The number of methoxy groups -OCH3 is 1. The van der Waals surface area contributed by atoms with E-state index in [1.165, 1.54) is 0 Å². The summed E-state index contributed by atoms with van der Waals surface area (Å²) in [5.41, 5.74) is 2.87. The minimum Gasteiger partial charge on any atom is -0.496 e. The highest BCUT2D eigenvalue weighted by atomic mass is 16.7. The first-order valence-electron chi connectivity index (χ1n) is 5.51. The fourth-order valence-corrected chi connectivity index (χ4v) is 1.27. The normalized spacial score (nSPS) is 11.1. The smallest absolute Gasteiger partial charge is 0.248 e. The van der Waals surface area contributed by atoms with Crippen LogP contribution in [-0.4, -0.2) is 18.6 Å². The van der Waals surface area contributed by atoms with Crippen LogP contribution in [0.15, 0.2) is 24.3 Å². The van der Waals surface area contributed by atoms with Crippen LogP contribution in [0.1, 0.15) is 26.3 Å². The molecular weight excluding hydrogens is 218 g/mol. The molecule has 0 aliphatic carbocycles. The van der Waals surface area contributed by atoms with Crippen LogP contribution in [0.2, 0.25) is 0 Å². The van der Waals surface area contributed by atoms with Crippen LogP contribution in [0, 0.1) is 0 Å². The van der Waals surface area contributed by atoms with Crippen molar-refractivity contribution < 1.29 is 14.4 Å².